The molecular weight excluding hydrogens is 412 g/mol. The van der Waals surface area contributed by atoms with Crippen LogP contribution < -0.4 is 5.32 Å². The van der Waals surface area contributed by atoms with Gasteiger partial charge in [0.1, 0.15) is 0 Å². The molecule has 0 aliphatic heterocycles. The summed E-state index contributed by atoms with van der Waals surface area (Å²) < 4.78 is 25.7. The van der Waals surface area contributed by atoms with Crippen LogP contribution in [0.2, 0.25) is 5.02 Å². The molecule has 4 saturated carbocycles. The zero-order valence-electron chi connectivity index (χ0n) is 17.0. The summed E-state index contributed by atoms with van der Waals surface area (Å²) in [5, 5.41) is 3.21. The number of hydrogen-bond acceptors (Lipinski definition) is 4. The summed E-state index contributed by atoms with van der Waals surface area (Å²) in [6.07, 6.45) is 9.09. The number of halogens is 1. The van der Waals surface area contributed by atoms with Gasteiger partial charge in [-0.15, -0.1) is 0 Å². The smallest absolute Gasteiger partial charge is 0.264 e. The first kappa shape index (κ1) is 21.1. The number of benzene rings is 1. The first-order valence-corrected chi connectivity index (χ1v) is 12.1. The first-order chi connectivity index (χ1) is 13.7. The number of carbonyl (C=O) groups is 1. The normalized spacial score (nSPS) is 30.7. The number of rotatable bonds is 7. The summed E-state index contributed by atoms with van der Waals surface area (Å²) in [5.74, 6) is 2.31. The largest absolute Gasteiger partial charge is 0.352 e. The number of nitrogens with one attached hydrogen (secondary N) is 1. The molecule has 0 unspecified atom stereocenters. The Labute approximate surface area is 177 Å². The number of hydrogen-bond donors (Lipinski definition) is 1. The van der Waals surface area contributed by atoms with Gasteiger partial charge in [-0.3, -0.25) is 9.63 Å². The predicted molar refractivity (Wildman–Crippen MR) is 111 cm³/mol. The van der Waals surface area contributed by atoms with Crippen molar-refractivity contribution in [3.05, 3.63) is 28.8 Å². The van der Waals surface area contributed by atoms with Crippen molar-refractivity contribution in [2.24, 2.45) is 23.2 Å². The molecule has 6 nitrogen and oxygen atoms in total. The molecule has 4 bridgehead atoms. The van der Waals surface area contributed by atoms with Gasteiger partial charge in [0, 0.05) is 13.6 Å². The maximum absolute atomic E-state index is 12.7. The molecule has 4 aliphatic rings. The van der Waals surface area contributed by atoms with Crippen LogP contribution in [0.4, 0.5) is 0 Å². The predicted octanol–water partition coefficient (Wildman–Crippen LogP) is 3.86. The molecule has 5 rings (SSSR count). The second-order valence-electron chi connectivity index (χ2n) is 9.16. The van der Waals surface area contributed by atoms with E-state index in [1.54, 1.807) is 0 Å². The Balaban J connectivity index is 1.42. The van der Waals surface area contributed by atoms with Gasteiger partial charge in [0.05, 0.1) is 22.6 Å². The minimum Gasteiger partial charge on any atom is -0.352 e. The Bertz CT molecular complexity index is 867. The Hall–Kier alpha value is -1.15. The molecule has 4 aliphatic carbocycles. The number of sulfonamides is 1. The maximum atomic E-state index is 12.7. The molecule has 8 heteroatoms. The number of carbonyl (C=O) groups excluding carboxylic acids is 1. The summed E-state index contributed by atoms with van der Waals surface area (Å²) in [6.45, 7) is 0.594. The maximum Gasteiger partial charge on any atom is 0.264 e. The van der Waals surface area contributed by atoms with Gasteiger partial charge in [-0.25, -0.2) is 8.42 Å². The molecule has 4 fully saturated rings. The molecule has 1 aromatic rings. The number of nitrogens with zero attached hydrogens (tertiary/aromatic N) is 1. The van der Waals surface area contributed by atoms with Crippen LogP contribution in [0.25, 0.3) is 0 Å². The highest BCUT2D eigenvalue weighted by molar-refractivity contribution is 7.89. The lowest BCUT2D eigenvalue weighted by molar-refractivity contribution is -0.0564. The second-order valence-corrected chi connectivity index (χ2v) is 11.5. The quantitative estimate of drug-likeness (QED) is 0.653. The summed E-state index contributed by atoms with van der Waals surface area (Å²) in [7, 11) is -1.27. The van der Waals surface area contributed by atoms with Crippen molar-refractivity contribution in [1.29, 1.82) is 0 Å². The molecule has 1 amide bonds. The second kappa shape index (κ2) is 7.84. The van der Waals surface area contributed by atoms with Gasteiger partial charge in [0.25, 0.3) is 15.9 Å². The highest BCUT2D eigenvalue weighted by atomic mass is 35.5. The Morgan fingerprint density at radius 2 is 1.79 bits per heavy atom. The highest BCUT2D eigenvalue weighted by Crippen LogP contribution is 2.61. The van der Waals surface area contributed by atoms with Crippen molar-refractivity contribution in [1.82, 2.24) is 9.79 Å². The minimum absolute atomic E-state index is 0.0301. The van der Waals surface area contributed by atoms with E-state index in [1.807, 2.05) is 0 Å². The lowest BCUT2D eigenvalue weighted by Crippen LogP contribution is -2.47. The van der Waals surface area contributed by atoms with E-state index in [1.165, 1.54) is 70.9 Å². The molecule has 0 radical (unpaired) electrons. The van der Waals surface area contributed by atoms with Gasteiger partial charge in [-0.2, -0.15) is 0 Å². The van der Waals surface area contributed by atoms with Crippen molar-refractivity contribution < 1.29 is 18.0 Å². The van der Waals surface area contributed by atoms with Crippen LogP contribution in [-0.4, -0.2) is 39.5 Å². The van der Waals surface area contributed by atoms with E-state index in [-0.39, 0.29) is 21.4 Å². The van der Waals surface area contributed by atoms with Gasteiger partial charge in [0.2, 0.25) is 0 Å². The van der Waals surface area contributed by atoms with Crippen LogP contribution in [0.1, 0.15) is 55.3 Å². The third-order valence-corrected chi connectivity index (χ3v) is 9.19. The highest BCUT2D eigenvalue weighted by Gasteiger charge is 2.50. The average molecular weight is 441 g/mol. The van der Waals surface area contributed by atoms with E-state index in [0.717, 1.165) is 28.6 Å². The third-order valence-electron chi connectivity index (χ3n) is 7.18. The molecule has 1 aromatic carbocycles. The zero-order valence-corrected chi connectivity index (χ0v) is 18.6. The summed E-state index contributed by atoms with van der Waals surface area (Å²) in [5.41, 5.74) is 0.556. The van der Waals surface area contributed by atoms with Gasteiger partial charge < -0.3 is 5.32 Å². The van der Waals surface area contributed by atoms with Gasteiger partial charge in [-0.1, -0.05) is 16.1 Å². The van der Waals surface area contributed by atoms with Gasteiger partial charge in [0.15, 0.2) is 0 Å². The van der Waals surface area contributed by atoms with Gasteiger partial charge in [-0.05, 0) is 86.3 Å². The van der Waals surface area contributed by atoms with Crippen LogP contribution in [0, 0.1) is 23.2 Å². The summed E-state index contributed by atoms with van der Waals surface area (Å²) in [6, 6.07) is 4.12. The fraction of sp³-hybridized carbons (Fsp3) is 0.667. The molecule has 1 N–H and O–H groups in total. The first-order valence-electron chi connectivity index (χ1n) is 10.3. The molecule has 0 aromatic heterocycles. The molecule has 0 saturated heterocycles. The van der Waals surface area contributed by atoms with E-state index >= 15 is 0 Å². The van der Waals surface area contributed by atoms with Crippen LogP contribution in [0.5, 0.6) is 0 Å². The lowest BCUT2D eigenvalue weighted by Gasteiger charge is -2.57. The summed E-state index contributed by atoms with van der Waals surface area (Å²) >= 11 is 6.19. The molecule has 0 atom stereocenters. The standard InChI is InChI=1S/C21H29ClN2O4S/c1-24(28-2)29(26,27)17-3-4-19(22)18(10-17)20(25)23-6-5-21-11-14-7-15(12-21)9-16(8-14)13-21/h3-4,10,14-16H,5-9,11-13H2,1-2H3,(H,23,25). The topological polar surface area (TPSA) is 75.7 Å². The molecule has 0 spiro atoms. The number of amides is 1. The Morgan fingerprint density at radius 3 is 2.34 bits per heavy atom. The average Bonchev–Trinajstić information content (AvgIpc) is 2.66. The van der Waals surface area contributed by atoms with Crippen LogP contribution in [0.3, 0.4) is 0 Å². The minimum atomic E-state index is -3.84. The molecular formula is C21H29ClN2O4S. The van der Waals surface area contributed by atoms with Crippen LogP contribution in [-0.2, 0) is 14.9 Å². The number of hydroxylamine groups is 1. The van der Waals surface area contributed by atoms with E-state index in [9.17, 15) is 13.2 Å². The SMILES string of the molecule is CON(C)S(=O)(=O)c1ccc(Cl)c(C(=O)NCCC23CC4CC(CC(C4)C2)C3)c1. The lowest BCUT2D eigenvalue weighted by atomic mass is 9.49. The van der Waals surface area contributed by atoms with Crippen molar-refractivity contribution in [2.45, 2.75) is 49.8 Å². The van der Waals surface area contributed by atoms with Crippen molar-refractivity contribution in [3.8, 4) is 0 Å². The summed E-state index contributed by atoms with van der Waals surface area (Å²) in [4.78, 5) is 17.5. The van der Waals surface area contributed by atoms with Crippen molar-refractivity contribution in [2.75, 3.05) is 20.7 Å². The van der Waals surface area contributed by atoms with E-state index < -0.39 is 10.0 Å². The van der Waals surface area contributed by atoms with E-state index in [4.69, 9.17) is 16.4 Å². The van der Waals surface area contributed by atoms with Crippen molar-refractivity contribution in [3.63, 3.8) is 0 Å². The molecule has 29 heavy (non-hydrogen) atoms. The van der Waals surface area contributed by atoms with E-state index in [2.05, 4.69) is 5.32 Å². The fourth-order valence-corrected chi connectivity index (χ4v) is 7.42. The van der Waals surface area contributed by atoms with Crippen LogP contribution in [0.15, 0.2) is 23.1 Å². The molecule has 160 valence electrons. The van der Waals surface area contributed by atoms with Crippen LogP contribution >= 0.6 is 11.6 Å². The third kappa shape index (κ3) is 4.07. The van der Waals surface area contributed by atoms with Gasteiger partial charge >= 0.3 is 0 Å². The Kier molecular flexibility index (Phi) is 5.70. The molecule has 0 heterocycles. The monoisotopic (exact) mass is 440 g/mol. The van der Waals surface area contributed by atoms with E-state index in [0.29, 0.717) is 12.0 Å². The Morgan fingerprint density at radius 1 is 1.21 bits per heavy atom. The fourth-order valence-electron chi connectivity index (χ4n) is 6.22. The zero-order chi connectivity index (χ0) is 20.8. The van der Waals surface area contributed by atoms with Crippen molar-refractivity contribution >= 4 is 27.5 Å².